The van der Waals surface area contributed by atoms with Gasteiger partial charge in [0.2, 0.25) is 5.91 Å². The van der Waals surface area contributed by atoms with E-state index in [-0.39, 0.29) is 17.8 Å². The summed E-state index contributed by atoms with van der Waals surface area (Å²) < 4.78 is 5.77. The summed E-state index contributed by atoms with van der Waals surface area (Å²) in [7, 11) is 1.92. The predicted octanol–water partition coefficient (Wildman–Crippen LogP) is 2.58. The van der Waals surface area contributed by atoms with E-state index in [0.717, 1.165) is 44.6 Å². The number of ether oxygens (including phenoxy) is 1. The highest BCUT2D eigenvalue weighted by Crippen LogP contribution is 2.48. The number of esters is 1. The number of hydrogen-bond donors (Lipinski definition) is 0. The molecule has 1 saturated carbocycles. The van der Waals surface area contributed by atoms with Gasteiger partial charge in [0.1, 0.15) is 5.60 Å². The fourth-order valence-corrected chi connectivity index (χ4v) is 4.84. The molecule has 0 atom stereocenters. The van der Waals surface area contributed by atoms with E-state index in [1.807, 2.05) is 18.0 Å². The van der Waals surface area contributed by atoms with E-state index in [2.05, 4.69) is 9.88 Å². The first-order chi connectivity index (χ1) is 13.1. The van der Waals surface area contributed by atoms with E-state index in [4.69, 9.17) is 4.74 Å². The number of amides is 1. The monoisotopic (exact) mass is 371 g/mol. The Morgan fingerprint density at radius 1 is 1.30 bits per heavy atom. The number of piperidine rings is 1. The molecule has 3 heterocycles. The third-order valence-corrected chi connectivity index (χ3v) is 6.54. The molecule has 3 aliphatic rings. The van der Waals surface area contributed by atoms with Gasteiger partial charge in [0.25, 0.3) is 0 Å². The molecule has 0 bridgehead atoms. The standard InChI is InChI=1S/C21H29N3O3/c1-23(13-14-24-11-3-2-4-12-24)19(25)16-5-8-21(9-6-16)18-7-10-22-15-17(18)20(26)27-21/h7,10,15-16H,2-6,8-9,11-14H2,1H3. The van der Waals surface area contributed by atoms with Crippen molar-refractivity contribution in [3.8, 4) is 0 Å². The van der Waals surface area contributed by atoms with Crippen LogP contribution in [0.1, 0.15) is 60.9 Å². The number of likely N-dealkylation sites (N-methyl/N-ethyl adjacent to an activating group) is 1. The van der Waals surface area contributed by atoms with Gasteiger partial charge in [-0.3, -0.25) is 9.78 Å². The van der Waals surface area contributed by atoms with Crippen molar-refractivity contribution in [2.24, 2.45) is 5.92 Å². The SMILES string of the molecule is CN(CCN1CCCCC1)C(=O)C1CCC2(CC1)OC(=O)c1cnccc12. The van der Waals surface area contributed by atoms with Gasteiger partial charge in [0, 0.05) is 44.0 Å². The van der Waals surface area contributed by atoms with Crippen LogP contribution in [-0.2, 0) is 15.1 Å². The Balaban J connectivity index is 1.32. The molecule has 1 aliphatic carbocycles. The minimum Gasteiger partial charge on any atom is -0.451 e. The zero-order chi connectivity index (χ0) is 18.9. The van der Waals surface area contributed by atoms with Crippen molar-refractivity contribution < 1.29 is 14.3 Å². The van der Waals surface area contributed by atoms with Gasteiger partial charge >= 0.3 is 5.97 Å². The second-order valence-corrected chi connectivity index (χ2v) is 8.24. The fourth-order valence-electron chi connectivity index (χ4n) is 4.84. The Labute approximate surface area is 160 Å². The molecule has 27 heavy (non-hydrogen) atoms. The Kier molecular flexibility index (Phi) is 5.17. The summed E-state index contributed by atoms with van der Waals surface area (Å²) in [6, 6.07) is 1.90. The van der Waals surface area contributed by atoms with Crippen LogP contribution in [0.5, 0.6) is 0 Å². The number of likely N-dealkylation sites (tertiary alicyclic amines) is 1. The highest BCUT2D eigenvalue weighted by molar-refractivity contribution is 5.94. The van der Waals surface area contributed by atoms with Crippen molar-refractivity contribution >= 4 is 11.9 Å². The molecule has 2 aliphatic heterocycles. The molecule has 146 valence electrons. The molecule has 0 radical (unpaired) electrons. The van der Waals surface area contributed by atoms with E-state index >= 15 is 0 Å². The summed E-state index contributed by atoms with van der Waals surface area (Å²) in [6.45, 7) is 4.09. The van der Waals surface area contributed by atoms with Crippen LogP contribution in [0, 0.1) is 5.92 Å². The van der Waals surface area contributed by atoms with Crippen LogP contribution in [0.2, 0.25) is 0 Å². The zero-order valence-corrected chi connectivity index (χ0v) is 16.2. The summed E-state index contributed by atoms with van der Waals surface area (Å²) >= 11 is 0. The quantitative estimate of drug-likeness (QED) is 0.761. The van der Waals surface area contributed by atoms with Crippen LogP contribution in [-0.4, -0.2) is 59.9 Å². The molecule has 1 spiro atoms. The Hall–Kier alpha value is -1.95. The van der Waals surface area contributed by atoms with E-state index in [1.165, 1.54) is 19.3 Å². The Morgan fingerprint density at radius 2 is 2.04 bits per heavy atom. The number of rotatable bonds is 4. The molecule has 0 N–H and O–H groups in total. The molecule has 4 rings (SSSR count). The maximum Gasteiger partial charge on any atom is 0.341 e. The molecule has 6 heteroatoms. The molecule has 1 aromatic heterocycles. The summed E-state index contributed by atoms with van der Waals surface area (Å²) in [4.78, 5) is 33.4. The molecular weight excluding hydrogens is 342 g/mol. The van der Waals surface area contributed by atoms with E-state index < -0.39 is 5.60 Å². The lowest BCUT2D eigenvalue weighted by Crippen LogP contribution is -2.43. The smallest absolute Gasteiger partial charge is 0.341 e. The van der Waals surface area contributed by atoms with Gasteiger partial charge in [-0.15, -0.1) is 0 Å². The van der Waals surface area contributed by atoms with Gasteiger partial charge < -0.3 is 14.5 Å². The first-order valence-electron chi connectivity index (χ1n) is 10.2. The number of pyridine rings is 1. The van der Waals surface area contributed by atoms with Crippen molar-refractivity contribution in [3.63, 3.8) is 0 Å². The summed E-state index contributed by atoms with van der Waals surface area (Å²) in [6.07, 6.45) is 10.2. The van der Waals surface area contributed by atoms with Crippen molar-refractivity contribution in [2.75, 3.05) is 33.2 Å². The average molecular weight is 371 g/mol. The van der Waals surface area contributed by atoms with Crippen molar-refractivity contribution in [1.82, 2.24) is 14.8 Å². The van der Waals surface area contributed by atoms with Gasteiger partial charge in [-0.2, -0.15) is 0 Å². The maximum absolute atomic E-state index is 12.9. The second-order valence-electron chi connectivity index (χ2n) is 8.24. The number of fused-ring (bicyclic) bond motifs is 2. The lowest BCUT2D eigenvalue weighted by molar-refractivity contribution is -0.137. The summed E-state index contributed by atoms with van der Waals surface area (Å²) in [5, 5.41) is 0. The highest BCUT2D eigenvalue weighted by atomic mass is 16.6. The zero-order valence-electron chi connectivity index (χ0n) is 16.2. The molecule has 1 saturated heterocycles. The molecule has 0 unspecified atom stereocenters. The largest absolute Gasteiger partial charge is 0.451 e. The van der Waals surface area contributed by atoms with Crippen molar-refractivity contribution in [3.05, 3.63) is 29.6 Å². The molecule has 2 fully saturated rings. The van der Waals surface area contributed by atoms with Crippen molar-refractivity contribution in [2.45, 2.75) is 50.5 Å². The molecule has 0 aromatic carbocycles. The molecule has 1 aromatic rings. The highest BCUT2D eigenvalue weighted by Gasteiger charge is 2.48. The average Bonchev–Trinajstić information content (AvgIpc) is 2.99. The third kappa shape index (κ3) is 3.59. The van der Waals surface area contributed by atoms with Crippen LogP contribution in [0.15, 0.2) is 18.5 Å². The predicted molar refractivity (Wildman–Crippen MR) is 101 cm³/mol. The first-order valence-corrected chi connectivity index (χ1v) is 10.2. The van der Waals surface area contributed by atoms with Gasteiger partial charge in [-0.25, -0.2) is 4.79 Å². The Bertz CT molecular complexity index is 706. The van der Waals surface area contributed by atoms with Crippen molar-refractivity contribution in [1.29, 1.82) is 0 Å². The van der Waals surface area contributed by atoms with E-state index in [0.29, 0.717) is 18.4 Å². The van der Waals surface area contributed by atoms with Crippen LogP contribution in [0.4, 0.5) is 0 Å². The van der Waals surface area contributed by atoms with Gasteiger partial charge in [-0.05, 0) is 57.7 Å². The number of nitrogens with zero attached hydrogens (tertiary/aromatic N) is 3. The van der Waals surface area contributed by atoms with Gasteiger partial charge in [0.15, 0.2) is 0 Å². The Morgan fingerprint density at radius 3 is 2.78 bits per heavy atom. The summed E-state index contributed by atoms with van der Waals surface area (Å²) in [5.41, 5.74) is 0.992. The van der Waals surface area contributed by atoms with Crippen LogP contribution in [0.3, 0.4) is 0 Å². The van der Waals surface area contributed by atoms with Crippen LogP contribution >= 0.6 is 0 Å². The number of hydrogen-bond acceptors (Lipinski definition) is 5. The molecule has 1 amide bonds. The number of carbonyl (C=O) groups is 2. The maximum atomic E-state index is 12.9. The van der Waals surface area contributed by atoms with E-state index in [1.54, 1.807) is 12.4 Å². The van der Waals surface area contributed by atoms with Crippen LogP contribution < -0.4 is 0 Å². The van der Waals surface area contributed by atoms with Gasteiger partial charge in [-0.1, -0.05) is 6.42 Å². The van der Waals surface area contributed by atoms with Crippen LogP contribution in [0.25, 0.3) is 0 Å². The minimum absolute atomic E-state index is 0.0339. The van der Waals surface area contributed by atoms with E-state index in [9.17, 15) is 9.59 Å². The third-order valence-electron chi connectivity index (χ3n) is 6.54. The topological polar surface area (TPSA) is 62.7 Å². The normalized spacial score (nSPS) is 28.0. The molecular formula is C21H29N3O3. The summed E-state index contributed by atoms with van der Waals surface area (Å²) in [5.74, 6) is -0.00534. The minimum atomic E-state index is -0.543. The lowest BCUT2D eigenvalue weighted by Gasteiger charge is -2.37. The number of carbonyl (C=O) groups excluding carboxylic acids is 2. The first kappa shape index (κ1) is 18.4. The fraction of sp³-hybridized carbons (Fsp3) is 0.667. The van der Waals surface area contributed by atoms with Gasteiger partial charge in [0.05, 0.1) is 5.56 Å². The second kappa shape index (κ2) is 7.58. The number of aromatic nitrogens is 1. The molecule has 6 nitrogen and oxygen atoms in total. The lowest BCUT2D eigenvalue weighted by atomic mass is 9.75.